The molecule has 1 amide bonds. The van der Waals surface area contributed by atoms with E-state index in [-0.39, 0.29) is 28.1 Å². The fraction of sp³-hybridized carbons (Fsp3) is 0.0526. The van der Waals surface area contributed by atoms with Crippen molar-refractivity contribution in [3.63, 3.8) is 0 Å². The first-order valence-electron chi connectivity index (χ1n) is 8.46. The summed E-state index contributed by atoms with van der Waals surface area (Å²) >= 11 is 1.05. The van der Waals surface area contributed by atoms with Crippen molar-refractivity contribution < 1.29 is 4.79 Å². The number of nitriles is 1. The van der Waals surface area contributed by atoms with Crippen LogP contribution < -0.4 is 10.9 Å². The number of carbonyl (C=O) groups is 1. The lowest BCUT2D eigenvalue weighted by Crippen LogP contribution is -2.18. The number of aromatic nitrogens is 5. The number of thioether (sulfide) groups is 1. The van der Waals surface area contributed by atoms with Gasteiger partial charge in [-0.2, -0.15) is 5.26 Å². The van der Waals surface area contributed by atoms with Gasteiger partial charge in [-0.1, -0.05) is 23.9 Å². The molecule has 0 unspecified atom stereocenters. The van der Waals surface area contributed by atoms with Gasteiger partial charge >= 0.3 is 0 Å². The number of rotatable bonds is 5. The number of benzene rings is 1. The number of H-pyrrole nitrogens is 2. The number of pyridine rings is 1. The normalized spacial score (nSPS) is 10.6. The molecule has 3 aromatic heterocycles. The molecule has 0 saturated heterocycles. The van der Waals surface area contributed by atoms with Crippen LogP contribution in [0.1, 0.15) is 5.56 Å². The van der Waals surface area contributed by atoms with Crippen LogP contribution in [0.4, 0.5) is 5.95 Å². The van der Waals surface area contributed by atoms with E-state index in [0.717, 1.165) is 22.8 Å². The summed E-state index contributed by atoms with van der Waals surface area (Å²) in [5.41, 5.74) is 1.66. The van der Waals surface area contributed by atoms with Crippen LogP contribution in [-0.4, -0.2) is 36.6 Å². The molecule has 0 aliphatic carbocycles. The number of fused-ring (bicyclic) bond motifs is 1. The van der Waals surface area contributed by atoms with Gasteiger partial charge in [-0.25, -0.2) is 9.97 Å². The molecule has 0 radical (unpaired) electrons. The number of hydrogen-bond acceptors (Lipinski definition) is 7. The molecule has 29 heavy (non-hydrogen) atoms. The van der Waals surface area contributed by atoms with E-state index in [4.69, 9.17) is 0 Å². The summed E-state index contributed by atoms with van der Waals surface area (Å²) in [6.07, 6.45) is 3.10. The number of carbonyl (C=O) groups excluding carboxylic acids is 1. The number of anilines is 1. The fourth-order valence-corrected chi connectivity index (χ4v) is 3.31. The molecule has 9 nitrogen and oxygen atoms in total. The predicted octanol–water partition coefficient (Wildman–Crippen LogP) is 2.31. The summed E-state index contributed by atoms with van der Waals surface area (Å²) in [5, 5.41) is 12.2. The first kappa shape index (κ1) is 18.4. The Hall–Kier alpha value is -3.97. The van der Waals surface area contributed by atoms with Gasteiger partial charge in [-0.15, -0.1) is 0 Å². The van der Waals surface area contributed by atoms with E-state index in [9.17, 15) is 14.9 Å². The van der Waals surface area contributed by atoms with Crippen molar-refractivity contribution in [2.45, 2.75) is 5.16 Å². The SMILES string of the molecule is N#Cc1c(-c2cccnc2)nc(SCC(=O)Nc2nc3ccccc3[nH]2)[nH]c1=O. The number of para-hydroxylation sites is 2. The maximum atomic E-state index is 12.3. The van der Waals surface area contributed by atoms with Gasteiger partial charge in [-0.05, 0) is 24.3 Å². The lowest BCUT2D eigenvalue weighted by molar-refractivity contribution is -0.113. The molecule has 3 heterocycles. The highest BCUT2D eigenvalue weighted by Crippen LogP contribution is 2.21. The molecule has 0 fully saturated rings. The Bertz CT molecular complexity index is 1260. The van der Waals surface area contributed by atoms with Gasteiger partial charge in [0.05, 0.1) is 22.5 Å². The van der Waals surface area contributed by atoms with E-state index in [1.807, 2.05) is 30.3 Å². The van der Waals surface area contributed by atoms with Crippen LogP contribution in [0.2, 0.25) is 0 Å². The van der Waals surface area contributed by atoms with Crippen molar-refractivity contribution in [1.29, 1.82) is 5.26 Å². The number of nitrogens with zero attached hydrogens (tertiary/aromatic N) is 4. The van der Waals surface area contributed by atoms with E-state index in [1.165, 1.54) is 6.20 Å². The zero-order valence-electron chi connectivity index (χ0n) is 14.8. The standard InChI is InChI=1S/C19H13N7O2S/c20-8-12-16(11-4-3-7-21-9-11)25-19(26-17(12)28)29-10-15(27)24-18-22-13-5-1-2-6-14(13)23-18/h1-7,9H,10H2,(H,25,26,28)(H2,22,23,24,27). The van der Waals surface area contributed by atoms with Crippen molar-refractivity contribution in [2.24, 2.45) is 0 Å². The minimum absolute atomic E-state index is 0.00162. The number of nitrogens with one attached hydrogen (secondary N) is 3. The smallest absolute Gasteiger partial charge is 0.270 e. The van der Waals surface area contributed by atoms with Crippen LogP contribution in [0.15, 0.2) is 58.7 Å². The first-order chi connectivity index (χ1) is 14.1. The Morgan fingerprint density at radius 1 is 1.17 bits per heavy atom. The molecule has 0 saturated carbocycles. The number of hydrogen-bond donors (Lipinski definition) is 3. The Labute approximate surface area is 168 Å². The van der Waals surface area contributed by atoms with E-state index < -0.39 is 5.56 Å². The third kappa shape index (κ3) is 3.99. The van der Waals surface area contributed by atoms with Crippen molar-refractivity contribution in [1.82, 2.24) is 24.9 Å². The Kier molecular flexibility index (Phi) is 5.05. The molecule has 0 atom stereocenters. The van der Waals surface area contributed by atoms with E-state index >= 15 is 0 Å². The first-order valence-corrected chi connectivity index (χ1v) is 9.45. The Morgan fingerprint density at radius 3 is 2.79 bits per heavy atom. The Morgan fingerprint density at radius 2 is 2.03 bits per heavy atom. The second-order valence-corrected chi connectivity index (χ2v) is 6.85. The molecular weight excluding hydrogens is 390 g/mol. The van der Waals surface area contributed by atoms with Gasteiger partial charge in [0.15, 0.2) is 5.16 Å². The van der Waals surface area contributed by atoms with E-state index in [0.29, 0.717) is 11.5 Å². The van der Waals surface area contributed by atoms with Gasteiger partial charge in [0.25, 0.3) is 5.56 Å². The van der Waals surface area contributed by atoms with Crippen molar-refractivity contribution >= 4 is 34.7 Å². The molecule has 0 aliphatic rings. The molecule has 0 aliphatic heterocycles. The van der Waals surface area contributed by atoms with Crippen LogP contribution in [0.25, 0.3) is 22.3 Å². The van der Waals surface area contributed by atoms with E-state index in [1.54, 1.807) is 18.3 Å². The van der Waals surface area contributed by atoms with Gasteiger partial charge in [0, 0.05) is 18.0 Å². The van der Waals surface area contributed by atoms with Crippen molar-refractivity contribution in [3.8, 4) is 17.3 Å². The molecule has 10 heteroatoms. The zero-order valence-corrected chi connectivity index (χ0v) is 15.7. The number of amides is 1. The van der Waals surface area contributed by atoms with Crippen LogP contribution in [0, 0.1) is 11.3 Å². The fourth-order valence-electron chi connectivity index (χ4n) is 2.65. The average Bonchev–Trinajstić information content (AvgIpc) is 3.14. The van der Waals surface area contributed by atoms with Crippen LogP contribution >= 0.6 is 11.8 Å². The third-order valence-corrected chi connectivity index (χ3v) is 4.80. The summed E-state index contributed by atoms with van der Waals surface area (Å²) in [6.45, 7) is 0. The molecule has 1 aromatic carbocycles. The highest BCUT2D eigenvalue weighted by atomic mass is 32.2. The topological polar surface area (TPSA) is 140 Å². The van der Waals surface area contributed by atoms with Gasteiger partial charge < -0.3 is 9.97 Å². The third-order valence-electron chi connectivity index (χ3n) is 3.93. The summed E-state index contributed by atoms with van der Waals surface area (Å²) < 4.78 is 0. The predicted molar refractivity (Wildman–Crippen MR) is 108 cm³/mol. The van der Waals surface area contributed by atoms with E-state index in [2.05, 4.69) is 30.2 Å². The molecular formula is C19H13N7O2S. The lowest BCUT2D eigenvalue weighted by Gasteiger charge is -2.06. The quantitative estimate of drug-likeness (QED) is 0.343. The zero-order chi connectivity index (χ0) is 20.2. The molecule has 0 spiro atoms. The Balaban J connectivity index is 1.50. The molecule has 3 N–H and O–H groups in total. The van der Waals surface area contributed by atoms with Gasteiger partial charge in [0.1, 0.15) is 11.6 Å². The maximum absolute atomic E-state index is 12.3. The number of aromatic amines is 2. The molecule has 4 rings (SSSR count). The monoisotopic (exact) mass is 403 g/mol. The minimum atomic E-state index is -0.568. The second kappa shape index (κ2) is 7.95. The van der Waals surface area contributed by atoms with Crippen LogP contribution in [0.5, 0.6) is 0 Å². The van der Waals surface area contributed by atoms with Crippen LogP contribution in [-0.2, 0) is 4.79 Å². The molecule has 4 aromatic rings. The van der Waals surface area contributed by atoms with Gasteiger partial charge in [0.2, 0.25) is 11.9 Å². The van der Waals surface area contributed by atoms with Crippen molar-refractivity contribution in [3.05, 3.63) is 64.7 Å². The average molecular weight is 403 g/mol. The highest BCUT2D eigenvalue weighted by Gasteiger charge is 2.15. The minimum Gasteiger partial charge on any atom is -0.324 e. The molecule has 0 bridgehead atoms. The highest BCUT2D eigenvalue weighted by molar-refractivity contribution is 7.99. The van der Waals surface area contributed by atoms with Gasteiger partial charge in [-0.3, -0.25) is 19.9 Å². The summed E-state index contributed by atoms with van der Waals surface area (Å²) in [7, 11) is 0. The van der Waals surface area contributed by atoms with Crippen LogP contribution in [0.3, 0.4) is 0 Å². The summed E-state index contributed by atoms with van der Waals surface area (Å²) in [4.78, 5) is 42.6. The summed E-state index contributed by atoms with van der Waals surface area (Å²) in [6, 6.07) is 12.7. The largest absolute Gasteiger partial charge is 0.324 e. The van der Waals surface area contributed by atoms with Crippen molar-refractivity contribution in [2.75, 3.05) is 11.1 Å². The molecule has 142 valence electrons. The maximum Gasteiger partial charge on any atom is 0.270 e. The lowest BCUT2D eigenvalue weighted by atomic mass is 10.1. The second-order valence-electron chi connectivity index (χ2n) is 5.89. The number of imidazole rings is 1. The summed E-state index contributed by atoms with van der Waals surface area (Å²) in [5.74, 6) is 0.0244.